The van der Waals surface area contributed by atoms with Crippen LogP contribution in [0.1, 0.15) is 85.0 Å². The molecule has 4 heteroatoms. The van der Waals surface area contributed by atoms with E-state index in [0.717, 1.165) is 44.8 Å². The van der Waals surface area contributed by atoms with E-state index in [1.54, 1.807) is 0 Å². The Hall–Kier alpha value is -0.900. The van der Waals surface area contributed by atoms with Crippen molar-refractivity contribution in [1.82, 2.24) is 0 Å². The van der Waals surface area contributed by atoms with Gasteiger partial charge in [0.05, 0.1) is 11.5 Å². The smallest absolute Gasteiger partial charge is 0.312 e. The molecule has 7 unspecified atom stereocenters. The zero-order valence-corrected chi connectivity index (χ0v) is 18.4. The van der Waals surface area contributed by atoms with Crippen LogP contribution in [-0.4, -0.2) is 29.1 Å². The van der Waals surface area contributed by atoms with Crippen LogP contribution in [-0.2, 0) is 14.3 Å². The van der Waals surface area contributed by atoms with E-state index in [2.05, 4.69) is 6.92 Å². The fourth-order valence-electron chi connectivity index (χ4n) is 8.65. The van der Waals surface area contributed by atoms with Gasteiger partial charge in [-0.3, -0.25) is 4.79 Å². The van der Waals surface area contributed by atoms with Gasteiger partial charge in [0.2, 0.25) is 0 Å². The molecular formula is C25H38O4. The standard InChI is InChI=1S/C25H38O4/c1-23(2)10-11-25(29-22(23)28)9-7-20-18-5-4-15-13-21(27)16(14-26)12-19(15)17(18)6-8-24(20,25)3/h14-21,27H,4-13H2,1-3H3/t15?,16?,17?,18?,19?,20?,21?,24-,25+/m0/s1. The predicted molar refractivity (Wildman–Crippen MR) is 110 cm³/mol. The first-order valence-electron chi connectivity index (χ1n) is 12.1. The van der Waals surface area contributed by atoms with Crippen LogP contribution < -0.4 is 0 Å². The van der Waals surface area contributed by atoms with Crippen molar-refractivity contribution < 1.29 is 19.4 Å². The lowest BCUT2D eigenvalue weighted by atomic mass is 9.48. The summed E-state index contributed by atoms with van der Waals surface area (Å²) in [5.74, 6) is 3.05. The van der Waals surface area contributed by atoms with Gasteiger partial charge in [-0.2, -0.15) is 0 Å². The molecule has 5 rings (SSSR count). The SMILES string of the molecule is CC1(C)CC[C@@]2(CCC3C4CCC5CC(O)C(C=O)CC5C4CC[C@@]32C)OC1=O. The first kappa shape index (κ1) is 20.0. The van der Waals surface area contributed by atoms with Crippen LogP contribution >= 0.6 is 0 Å². The van der Waals surface area contributed by atoms with Gasteiger partial charge in [0, 0.05) is 11.3 Å². The molecule has 162 valence electrons. The molecule has 0 bridgehead atoms. The third-order valence-electron chi connectivity index (χ3n) is 10.6. The Morgan fingerprint density at radius 3 is 2.45 bits per heavy atom. The molecule has 1 N–H and O–H groups in total. The van der Waals surface area contributed by atoms with Gasteiger partial charge in [0.1, 0.15) is 11.9 Å². The van der Waals surface area contributed by atoms with Crippen LogP contribution in [0.2, 0.25) is 0 Å². The zero-order chi connectivity index (χ0) is 20.6. The average molecular weight is 403 g/mol. The highest BCUT2D eigenvalue weighted by Gasteiger charge is 2.66. The fourth-order valence-corrected chi connectivity index (χ4v) is 8.65. The van der Waals surface area contributed by atoms with Crippen molar-refractivity contribution in [1.29, 1.82) is 0 Å². The number of fused-ring (bicyclic) bond motifs is 6. The van der Waals surface area contributed by atoms with E-state index >= 15 is 0 Å². The van der Waals surface area contributed by atoms with Crippen molar-refractivity contribution >= 4 is 12.3 Å². The van der Waals surface area contributed by atoms with Crippen molar-refractivity contribution in [3.05, 3.63) is 0 Å². The Labute approximate surface area is 175 Å². The van der Waals surface area contributed by atoms with E-state index in [4.69, 9.17) is 4.74 Å². The van der Waals surface area contributed by atoms with Gasteiger partial charge in [-0.05, 0) is 108 Å². The minimum Gasteiger partial charge on any atom is -0.458 e. The lowest BCUT2D eigenvalue weighted by Crippen LogP contribution is -2.58. The summed E-state index contributed by atoms with van der Waals surface area (Å²) in [7, 11) is 0. The summed E-state index contributed by atoms with van der Waals surface area (Å²) < 4.78 is 6.34. The average Bonchev–Trinajstić information content (AvgIpc) is 2.97. The van der Waals surface area contributed by atoms with Gasteiger partial charge < -0.3 is 14.6 Å². The van der Waals surface area contributed by atoms with E-state index < -0.39 is 6.10 Å². The Morgan fingerprint density at radius 1 is 0.931 bits per heavy atom. The highest BCUT2D eigenvalue weighted by Crippen LogP contribution is 2.68. The van der Waals surface area contributed by atoms with E-state index in [9.17, 15) is 14.7 Å². The molecule has 0 aromatic heterocycles. The lowest BCUT2D eigenvalue weighted by molar-refractivity contribution is -0.210. The van der Waals surface area contributed by atoms with Crippen molar-refractivity contribution in [2.24, 2.45) is 46.3 Å². The molecular weight excluding hydrogens is 364 g/mol. The lowest BCUT2D eigenvalue weighted by Gasteiger charge is -2.59. The molecule has 4 saturated carbocycles. The van der Waals surface area contributed by atoms with Crippen molar-refractivity contribution in [3.8, 4) is 0 Å². The number of aliphatic hydroxyl groups excluding tert-OH is 1. The first-order chi connectivity index (χ1) is 13.7. The molecule has 1 aliphatic heterocycles. The van der Waals surface area contributed by atoms with Crippen LogP contribution in [0.25, 0.3) is 0 Å². The summed E-state index contributed by atoms with van der Waals surface area (Å²) >= 11 is 0. The molecule has 4 nitrogen and oxygen atoms in total. The van der Waals surface area contributed by atoms with Crippen LogP contribution in [0.5, 0.6) is 0 Å². The number of carbonyl (C=O) groups is 2. The maximum absolute atomic E-state index is 12.8. The van der Waals surface area contributed by atoms with Crippen molar-refractivity contribution in [2.75, 3.05) is 0 Å². The molecule has 1 saturated heterocycles. The molecule has 0 aromatic carbocycles. The maximum Gasteiger partial charge on any atom is 0.312 e. The van der Waals surface area contributed by atoms with Gasteiger partial charge in [0.15, 0.2) is 0 Å². The van der Waals surface area contributed by atoms with Crippen molar-refractivity contribution in [3.63, 3.8) is 0 Å². The van der Waals surface area contributed by atoms with Gasteiger partial charge in [-0.25, -0.2) is 0 Å². The van der Waals surface area contributed by atoms with Gasteiger partial charge in [-0.1, -0.05) is 6.92 Å². The topological polar surface area (TPSA) is 63.6 Å². The molecule has 1 spiro atoms. The highest BCUT2D eigenvalue weighted by molar-refractivity contribution is 5.77. The predicted octanol–water partition coefficient (Wildman–Crippen LogP) is 4.53. The molecule has 9 atom stereocenters. The first-order valence-corrected chi connectivity index (χ1v) is 12.1. The second-order valence-corrected chi connectivity index (χ2v) is 12.0. The third-order valence-corrected chi connectivity index (χ3v) is 10.6. The summed E-state index contributed by atoms with van der Waals surface area (Å²) in [5, 5.41) is 10.3. The molecule has 4 aliphatic carbocycles. The number of aliphatic hydroxyl groups is 1. The van der Waals surface area contributed by atoms with Crippen LogP contribution in [0.4, 0.5) is 0 Å². The van der Waals surface area contributed by atoms with Crippen molar-refractivity contribution in [2.45, 2.75) is 96.7 Å². The van der Waals surface area contributed by atoms with E-state index in [1.165, 1.54) is 25.7 Å². The number of rotatable bonds is 1. The molecule has 0 radical (unpaired) electrons. The zero-order valence-electron chi connectivity index (χ0n) is 18.4. The van der Waals surface area contributed by atoms with Gasteiger partial charge in [-0.15, -0.1) is 0 Å². The summed E-state index contributed by atoms with van der Waals surface area (Å²) in [4.78, 5) is 24.3. The summed E-state index contributed by atoms with van der Waals surface area (Å²) in [6.45, 7) is 6.48. The summed E-state index contributed by atoms with van der Waals surface area (Å²) in [5.41, 5.74) is -0.493. The number of aldehydes is 1. The molecule has 5 fully saturated rings. The third kappa shape index (κ3) is 2.73. The molecule has 0 aromatic rings. The van der Waals surface area contributed by atoms with Crippen LogP contribution in [0, 0.1) is 46.3 Å². The highest BCUT2D eigenvalue weighted by atomic mass is 16.6. The Kier molecular flexibility index (Phi) is 4.52. The van der Waals surface area contributed by atoms with E-state index in [-0.39, 0.29) is 28.3 Å². The second kappa shape index (κ2) is 6.55. The number of hydrogen-bond donors (Lipinski definition) is 1. The van der Waals surface area contributed by atoms with E-state index in [1.807, 2.05) is 13.8 Å². The van der Waals surface area contributed by atoms with E-state index in [0.29, 0.717) is 29.6 Å². The van der Waals surface area contributed by atoms with Crippen LogP contribution in [0.15, 0.2) is 0 Å². The summed E-state index contributed by atoms with van der Waals surface area (Å²) in [6, 6.07) is 0. The number of hydrogen-bond acceptors (Lipinski definition) is 4. The largest absolute Gasteiger partial charge is 0.458 e. The summed E-state index contributed by atoms with van der Waals surface area (Å²) in [6.07, 6.45) is 11.2. The molecule has 29 heavy (non-hydrogen) atoms. The molecule has 5 aliphatic rings. The minimum atomic E-state index is -0.432. The monoisotopic (exact) mass is 402 g/mol. The quantitative estimate of drug-likeness (QED) is 0.517. The Balaban J connectivity index is 1.39. The number of esters is 1. The minimum absolute atomic E-state index is 0.00606. The molecule has 0 amide bonds. The Morgan fingerprint density at radius 2 is 1.72 bits per heavy atom. The second-order valence-electron chi connectivity index (χ2n) is 12.0. The Bertz CT molecular complexity index is 701. The maximum atomic E-state index is 12.8. The van der Waals surface area contributed by atoms with Gasteiger partial charge >= 0.3 is 5.97 Å². The number of ether oxygens (including phenoxy) is 1. The number of carbonyl (C=O) groups excluding carboxylic acids is 2. The normalized spacial score (nSPS) is 53.5. The molecule has 1 heterocycles. The van der Waals surface area contributed by atoms with Gasteiger partial charge in [0.25, 0.3) is 0 Å². The van der Waals surface area contributed by atoms with Crippen LogP contribution in [0.3, 0.4) is 0 Å². The fraction of sp³-hybridized carbons (Fsp3) is 0.920.